The molecule has 3 amide bonds. The number of primary sulfonamides is 1. The van der Waals surface area contributed by atoms with Crippen molar-refractivity contribution >= 4 is 57.0 Å². The monoisotopic (exact) mass is 616 g/mol. The number of anilines is 2. The Morgan fingerprint density at radius 2 is 1.53 bits per heavy atom. The van der Waals surface area contributed by atoms with Gasteiger partial charge in [0.15, 0.2) is 0 Å². The highest BCUT2D eigenvalue weighted by Gasteiger charge is 2.16. The Morgan fingerprint density at radius 3 is 2.19 bits per heavy atom. The predicted octanol–water partition coefficient (Wildman–Crippen LogP) is 4.48. The Labute approximate surface area is 253 Å². The molecule has 0 spiro atoms. The molecule has 0 heterocycles. The molecule has 10 nitrogen and oxygen atoms in total. The lowest BCUT2D eigenvalue weighted by atomic mass is 10.1. The van der Waals surface area contributed by atoms with Crippen molar-refractivity contribution in [2.24, 2.45) is 5.14 Å². The Kier molecular flexibility index (Phi) is 10.3. The molecule has 0 unspecified atom stereocenters. The molecular formula is C31H28N4O6S2. The second-order valence-corrected chi connectivity index (χ2v) is 11.6. The lowest BCUT2D eigenvalue weighted by Gasteiger charge is -2.12. The molecule has 4 rings (SSSR count). The average Bonchev–Trinajstić information content (AvgIpc) is 3.00. The summed E-state index contributed by atoms with van der Waals surface area (Å²) >= 11 is 1.24. The van der Waals surface area contributed by atoms with Crippen molar-refractivity contribution in [1.29, 1.82) is 0 Å². The summed E-state index contributed by atoms with van der Waals surface area (Å²) < 4.78 is 28.0. The lowest BCUT2D eigenvalue weighted by Crippen LogP contribution is -2.30. The average molecular weight is 617 g/mol. The largest absolute Gasteiger partial charge is 0.497 e. The SMILES string of the molecule is COc1ccc(/C=C(/NC(=O)c2ccccc2)C(=O)Nc2cccc(SCC(=O)Nc3ccc(S(N)(=O)=O)cc3)c2)cc1. The molecule has 220 valence electrons. The molecule has 0 radical (unpaired) electrons. The van der Waals surface area contributed by atoms with Gasteiger partial charge < -0.3 is 20.7 Å². The van der Waals surface area contributed by atoms with Crippen molar-refractivity contribution < 1.29 is 27.5 Å². The number of benzene rings is 4. The van der Waals surface area contributed by atoms with Crippen LogP contribution in [0.4, 0.5) is 11.4 Å². The minimum Gasteiger partial charge on any atom is -0.497 e. The molecule has 0 aliphatic heterocycles. The smallest absolute Gasteiger partial charge is 0.272 e. The number of carbonyl (C=O) groups excluding carboxylic acids is 3. The number of thioether (sulfide) groups is 1. The van der Waals surface area contributed by atoms with Gasteiger partial charge in [-0.3, -0.25) is 14.4 Å². The number of hydrogen-bond acceptors (Lipinski definition) is 7. The molecule has 43 heavy (non-hydrogen) atoms. The van der Waals surface area contributed by atoms with Gasteiger partial charge in [0.1, 0.15) is 11.4 Å². The second-order valence-electron chi connectivity index (χ2n) is 9.04. The lowest BCUT2D eigenvalue weighted by molar-refractivity contribution is -0.114. The van der Waals surface area contributed by atoms with Crippen molar-refractivity contribution in [3.63, 3.8) is 0 Å². The first-order chi connectivity index (χ1) is 20.6. The third-order valence-corrected chi connectivity index (χ3v) is 7.81. The molecule has 4 aromatic rings. The van der Waals surface area contributed by atoms with Gasteiger partial charge in [0.2, 0.25) is 15.9 Å². The molecule has 0 aliphatic rings. The number of rotatable bonds is 11. The zero-order chi connectivity index (χ0) is 30.8. The van der Waals surface area contributed by atoms with Gasteiger partial charge in [0, 0.05) is 21.8 Å². The summed E-state index contributed by atoms with van der Waals surface area (Å²) in [5.74, 6) is -0.576. The Hall–Kier alpha value is -4.91. The van der Waals surface area contributed by atoms with Crippen LogP contribution in [0.25, 0.3) is 6.08 Å². The standard InChI is InChI=1S/C31H28N4O6S2/c1-41-25-14-10-21(11-15-25)18-28(35-30(37)22-6-3-2-4-7-22)31(38)34-24-8-5-9-26(19-24)42-20-29(36)33-23-12-16-27(17-13-23)43(32,39)40/h2-19H,20H2,1H3,(H,33,36)(H,34,38)(H,35,37)(H2,32,39,40)/b28-18+. The first kappa shape index (κ1) is 31.0. The van der Waals surface area contributed by atoms with E-state index < -0.39 is 21.8 Å². The van der Waals surface area contributed by atoms with Crippen LogP contribution in [0.2, 0.25) is 0 Å². The van der Waals surface area contributed by atoms with Gasteiger partial charge in [-0.15, -0.1) is 11.8 Å². The van der Waals surface area contributed by atoms with E-state index in [0.29, 0.717) is 33.1 Å². The van der Waals surface area contributed by atoms with E-state index in [1.807, 2.05) is 0 Å². The fourth-order valence-corrected chi connectivity index (χ4v) is 5.02. The van der Waals surface area contributed by atoms with E-state index in [9.17, 15) is 22.8 Å². The number of hydrogen-bond donors (Lipinski definition) is 4. The van der Waals surface area contributed by atoms with Crippen molar-refractivity contribution in [2.45, 2.75) is 9.79 Å². The number of sulfonamides is 1. The number of methoxy groups -OCH3 is 1. The van der Waals surface area contributed by atoms with Crippen LogP contribution in [-0.4, -0.2) is 39.0 Å². The van der Waals surface area contributed by atoms with Gasteiger partial charge in [-0.05, 0) is 78.4 Å². The van der Waals surface area contributed by atoms with Crippen LogP contribution in [0.5, 0.6) is 5.75 Å². The molecule has 0 aromatic heterocycles. The van der Waals surface area contributed by atoms with E-state index in [-0.39, 0.29) is 22.3 Å². The number of nitrogens with two attached hydrogens (primary N) is 1. The third-order valence-electron chi connectivity index (χ3n) is 5.88. The van der Waals surface area contributed by atoms with E-state index in [0.717, 1.165) is 0 Å². The molecular weight excluding hydrogens is 588 g/mol. The van der Waals surface area contributed by atoms with Crippen LogP contribution >= 0.6 is 11.8 Å². The second kappa shape index (κ2) is 14.3. The maximum Gasteiger partial charge on any atom is 0.272 e. The molecule has 0 bridgehead atoms. The zero-order valence-electron chi connectivity index (χ0n) is 22.9. The summed E-state index contributed by atoms with van der Waals surface area (Å²) in [4.78, 5) is 39.3. The fraction of sp³-hybridized carbons (Fsp3) is 0.0645. The van der Waals surface area contributed by atoms with E-state index >= 15 is 0 Å². The van der Waals surface area contributed by atoms with Gasteiger partial charge in [0.25, 0.3) is 11.8 Å². The first-order valence-electron chi connectivity index (χ1n) is 12.8. The minimum atomic E-state index is -3.83. The van der Waals surface area contributed by atoms with E-state index in [2.05, 4.69) is 16.0 Å². The number of amides is 3. The Balaban J connectivity index is 1.43. The predicted molar refractivity (Wildman–Crippen MR) is 167 cm³/mol. The van der Waals surface area contributed by atoms with Crippen LogP contribution in [-0.2, 0) is 19.6 Å². The van der Waals surface area contributed by atoms with Gasteiger partial charge in [-0.25, -0.2) is 13.6 Å². The van der Waals surface area contributed by atoms with Crippen LogP contribution in [0, 0.1) is 0 Å². The van der Waals surface area contributed by atoms with Gasteiger partial charge in [-0.2, -0.15) is 0 Å². The minimum absolute atomic E-state index is 0.0323. The van der Waals surface area contributed by atoms with Gasteiger partial charge in [0.05, 0.1) is 17.8 Å². The van der Waals surface area contributed by atoms with E-state index in [1.54, 1.807) is 92.0 Å². The number of ether oxygens (including phenoxy) is 1. The summed E-state index contributed by atoms with van der Waals surface area (Å²) in [7, 11) is -2.27. The van der Waals surface area contributed by atoms with Crippen LogP contribution < -0.4 is 25.8 Å². The molecule has 0 saturated carbocycles. The van der Waals surface area contributed by atoms with Crippen LogP contribution in [0.15, 0.2) is 119 Å². The maximum absolute atomic E-state index is 13.3. The van der Waals surface area contributed by atoms with Crippen molar-refractivity contribution in [3.8, 4) is 5.75 Å². The third kappa shape index (κ3) is 9.30. The maximum atomic E-state index is 13.3. The zero-order valence-corrected chi connectivity index (χ0v) is 24.6. The number of nitrogens with one attached hydrogen (secondary N) is 3. The molecule has 0 fully saturated rings. The van der Waals surface area contributed by atoms with Gasteiger partial charge in [-0.1, -0.05) is 36.4 Å². The normalized spacial score (nSPS) is 11.3. The summed E-state index contributed by atoms with van der Waals surface area (Å²) in [6, 6.07) is 28.0. The molecule has 12 heteroatoms. The van der Waals surface area contributed by atoms with Gasteiger partial charge >= 0.3 is 0 Å². The van der Waals surface area contributed by atoms with Crippen LogP contribution in [0.3, 0.4) is 0 Å². The fourth-order valence-electron chi connectivity index (χ4n) is 3.75. The summed E-state index contributed by atoms with van der Waals surface area (Å²) in [5, 5.41) is 13.3. The molecule has 5 N–H and O–H groups in total. The molecule has 4 aromatic carbocycles. The van der Waals surface area contributed by atoms with E-state index in [4.69, 9.17) is 9.88 Å². The topological polar surface area (TPSA) is 157 Å². The molecule has 0 saturated heterocycles. The summed E-state index contributed by atoms with van der Waals surface area (Å²) in [6.45, 7) is 0. The highest BCUT2D eigenvalue weighted by molar-refractivity contribution is 8.00. The van der Waals surface area contributed by atoms with E-state index in [1.165, 1.54) is 36.0 Å². The number of carbonyl (C=O) groups is 3. The van der Waals surface area contributed by atoms with Crippen molar-refractivity contribution in [2.75, 3.05) is 23.5 Å². The molecule has 0 aliphatic carbocycles. The Morgan fingerprint density at radius 1 is 0.837 bits per heavy atom. The molecule has 0 atom stereocenters. The summed E-state index contributed by atoms with van der Waals surface area (Å²) in [5.41, 5.74) is 1.99. The van der Waals surface area contributed by atoms with Crippen molar-refractivity contribution in [1.82, 2.24) is 5.32 Å². The van der Waals surface area contributed by atoms with Crippen molar-refractivity contribution in [3.05, 3.63) is 120 Å². The summed E-state index contributed by atoms with van der Waals surface area (Å²) in [6.07, 6.45) is 1.56. The highest BCUT2D eigenvalue weighted by Crippen LogP contribution is 2.23. The quantitative estimate of drug-likeness (QED) is 0.143. The Bertz CT molecular complexity index is 1740. The highest BCUT2D eigenvalue weighted by atomic mass is 32.2. The van der Waals surface area contributed by atoms with Crippen LogP contribution in [0.1, 0.15) is 15.9 Å². The first-order valence-corrected chi connectivity index (χ1v) is 15.3.